The van der Waals surface area contributed by atoms with Crippen LogP contribution in [0.25, 0.3) is 11.3 Å². The second-order valence-electron chi connectivity index (χ2n) is 5.59. The summed E-state index contributed by atoms with van der Waals surface area (Å²) >= 11 is 0. The minimum Gasteiger partial charge on any atom is -0.378 e. The van der Waals surface area contributed by atoms with Gasteiger partial charge in [0.1, 0.15) is 5.82 Å². The van der Waals surface area contributed by atoms with Crippen molar-refractivity contribution in [3.8, 4) is 11.3 Å². The van der Waals surface area contributed by atoms with E-state index in [0.29, 0.717) is 5.95 Å². The third-order valence-electron chi connectivity index (χ3n) is 3.81. The number of anilines is 3. The maximum atomic E-state index is 5.90. The molecular weight excluding hydrogens is 262 g/mol. The monoisotopic (exact) mass is 283 g/mol. The number of nitrogens with one attached hydrogen (secondary N) is 1. The molecule has 0 atom stereocenters. The van der Waals surface area contributed by atoms with Gasteiger partial charge in [0.15, 0.2) is 0 Å². The number of nitrogens with zero attached hydrogens (tertiary/aromatic N) is 3. The van der Waals surface area contributed by atoms with Gasteiger partial charge < -0.3 is 16.0 Å². The Hall–Kier alpha value is -2.30. The highest BCUT2D eigenvalue weighted by Gasteiger charge is 2.17. The zero-order valence-corrected chi connectivity index (χ0v) is 12.6. The van der Waals surface area contributed by atoms with E-state index in [1.54, 1.807) is 0 Å². The molecular formula is C16H21N5. The van der Waals surface area contributed by atoms with E-state index in [0.717, 1.165) is 48.6 Å². The van der Waals surface area contributed by atoms with Crippen molar-refractivity contribution in [3.63, 3.8) is 0 Å². The molecule has 2 aromatic rings. The first kappa shape index (κ1) is 13.7. The van der Waals surface area contributed by atoms with Gasteiger partial charge >= 0.3 is 0 Å². The number of rotatable bonds is 2. The van der Waals surface area contributed by atoms with Gasteiger partial charge in [-0.3, -0.25) is 0 Å². The van der Waals surface area contributed by atoms with Crippen LogP contribution < -0.4 is 16.0 Å². The Balaban J connectivity index is 2.13. The van der Waals surface area contributed by atoms with Gasteiger partial charge in [-0.25, -0.2) is 4.98 Å². The predicted octanol–water partition coefficient (Wildman–Crippen LogP) is 2.54. The first-order valence-corrected chi connectivity index (χ1v) is 7.33. The molecule has 0 saturated heterocycles. The van der Waals surface area contributed by atoms with E-state index in [1.807, 2.05) is 14.1 Å². The first-order chi connectivity index (χ1) is 10.1. The Kier molecular flexibility index (Phi) is 3.64. The lowest BCUT2D eigenvalue weighted by molar-refractivity contribution is 0.785. The van der Waals surface area contributed by atoms with Crippen molar-refractivity contribution >= 4 is 17.5 Å². The van der Waals surface area contributed by atoms with Gasteiger partial charge in [0, 0.05) is 37.5 Å². The van der Waals surface area contributed by atoms with E-state index >= 15 is 0 Å². The van der Waals surface area contributed by atoms with Gasteiger partial charge in [0.2, 0.25) is 5.95 Å². The molecule has 0 saturated carbocycles. The van der Waals surface area contributed by atoms with E-state index in [1.165, 1.54) is 5.56 Å². The molecule has 5 nitrogen and oxygen atoms in total. The molecule has 21 heavy (non-hydrogen) atoms. The summed E-state index contributed by atoms with van der Waals surface area (Å²) in [5.74, 6) is 1.22. The van der Waals surface area contributed by atoms with Crippen LogP contribution >= 0.6 is 0 Å². The third-order valence-corrected chi connectivity index (χ3v) is 3.81. The molecule has 1 aromatic carbocycles. The molecule has 5 heteroatoms. The van der Waals surface area contributed by atoms with Gasteiger partial charge in [0.25, 0.3) is 0 Å². The summed E-state index contributed by atoms with van der Waals surface area (Å²) in [6, 6.07) is 8.37. The van der Waals surface area contributed by atoms with E-state index in [9.17, 15) is 0 Å². The van der Waals surface area contributed by atoms with Crippen molar-refractivity contribution in [2.24, 2.45) is 0 Å². The highest BCUT2D eigenvalue weighted by Crippen LogP contribution is 2.31. The third kappa shape index (κ3) is 2.77. The summed E-state index contributed by atoms with van der Waals surface area (Å²) in [5, 5.41) is 3.37. The number of hydrogen-bond donors (Lipinski definition) is 2. The molecule has 110 valence electrons. The highest BCUT2D eigenvalue weighted by molar-refractivity contribution is 5.73. The highest BCUT2D eigenvalue weighted by atomic mass is 15.1. The Bertz CT molecular complexity index is 651. The fourth-order valence-corrected chi connectivity index (χ4v) is 2.69. The van der Waals surface area contributed by atoms with Gasteiger partial charge in [-0.05, 0) is 31.4 Å². The molecule has 0 bridgehead atoms. The topological polar surface area (TPSA) is 67.1 Å². The number of benzene rings is 1. The average Bonchev–Trinajstić information content (AvgIpc) is 2.71. The molecule has 3 rings (SSSR count). The van der Waals surface area contributed by atoms with Gasteiger partial charge in [-0.1, -0.05) is 12.1 Å². The largest absolute Gasteiger partial charge is 0.378 e. The zero-order chi connectivity index (χ0) is 14.8. The van der Waals surface area contributed by atoms with Crippen LogP contribution in [0.4, 0.5) is 17.5 Å². The quantitative estimate of drug-likeness (QED) is 0.886. The van der Waals surface area contributed by atoms with Crippen LogP contribution in [0.15, 0.2) is 24.3 Å². The molecule has 0 fully saturated rings. The summed E-state index contributed by atoms with van der Waals surface area (Å²) in [6.07, 6.45) is 3.28. The molecule has 3 N–H and O–H groups in total. The molecule has 2 heterocycles. The van der Waals surface area contributed by atoms with E-state index < -0.39 is 0 Å². The zero-order valence-electron chi connectivity index (χ0n) is 12.6. The minimum absolute atomic E-state index is 0.327. The lowest BCUT2D eigenvalue weighted by Crippen LogP contribution is -2.09. The molecule has 1 aliphatic heterocycles. The van der Waals surface area contributed by atoms with Crippen molar-refractivity contribution in [2.45, 2.75) is 19.3 Å². The second-order valence-corrected chi connectivity index (χ2v) is 5.59. The van der Waals surface area contributed by atoms with Crippen LogP contribution in [-0.4, -0.2) is 30.6 Å². The summed E-state index contributed by atoms with van der Waals surface area (Å²) in [7, 11) is 4.07. The maximum Gasteiger partial charge on any atom is 0.222 e. The first-order valence-electron chi connectivity index (χ1n) is 7.33. The average molecular weight is 283 g/mol. The van der Waals surface area contributed by atoms with E-state index in [4.69, 9.17) is 5.73 Å². The number of nitrogens with two attached hydrogens (primary N) is 1. The van der Waals surface area contributed by atoms with Gasteiger partial charge in [-0.15, -0.1) is 0 Å². The van der Waals surface area contributed by atoms with Crippen molar-refractivity contribution in [1.82, 2.24) is 9.97 Å². The van der Waals surface area contributed by atoms with Crippen LogP contribution in [0, 0.1) is 0 Å². The molecule has 0 radical (unpaired) electrons. The van der Waals surface area contributed by atoms with Crippen LogP contribution in [0.3, 0.4) is 0 Å². The predicted molar refractivity (Wildman–Crippen MR) is 87.6 cm³/mol. The summed E-state index contributed by atoms with van der Waals surface area (Å²) in [5.41, 5.74) is 10.3. The lowest BCUT2D eigenvalue weighted by atomic mass is 10.0. The second kappa shape index (κ2) is 5.60. The Morgan fingerprint density at radius 2 is 2.05 bits per heavy atom. The molecule has 0 aliphatic carbocycles. The lowest BCUT2D eigenvalue weighted by Gasteiger charge is -2.16. The van der Waals surface area contributed by atoms with Gasteiger partial charge in [-0.2, -0.15) is 4.98 Å². The van der Waals surface area contributed by atoms with Crippen molar-refractivity contribution in [3.05, 3.63) is 29.8 Å². The molecule has 1 aliphatic rings. The van der Waals surface area contributed by atoms with Crippen LogP contribution in [0.5, 0.6) is 0 Å². The van der Waals surface area contributed by atoms with Crippen molar-refractivity contribution < 1.29 is 0 Å². The SMILES string of the molecule is CN(C)c1cccc(-c2nc(N)nc3c2CCCCN3)c1. The summed E-state index contributed by atoms with van der Waals surface area (Å²) < 4.78 is 0. The Labute approximate surface area is 125 Å². The van der Waals surface area contributed by atoms with E-state index in [-0.39, 0.29) is 0 Å². The van der Waals surface area contributed by atoms with Crippen LogP contribution in [0.1, 0.15) is 18.4 Å². The Morgan fingerprint density at radius 3 is 2.86 bits per heavy atom. The van der Waals surface area contributed by atoms with Crippen LogP contribution in [-0.2, 0) is 6.42 Å². The van der Waals surface area contributed by atoms with Crippen molar-refractivity contribution in [1.29, 1.82) is 0 Å². The van der Waals surface area contributed by atoms with E-state index in [2.05, 4.69) is 44.5 Å². The number of fused-ring (bicyclic) bond motifs is 1. The molecule has 0 unspecified atom stereocenters. The summed E-state index contributed by atoms with van der Waals surface area (Å²) in [6.45, 7) is 0.945. The minimum atomic E-state index is 0.327. The van der Waals surface area contributed by atoms with Crippen molar-refractivity contribution in [2.75, 3.05) is 36.6 Å². The van der Waals surface area contributed by atoms with Crippen LogP contribution in [0.2, 0.25) is 0 Å². The maximum absolute atomic E-state index is 5.90. The number of aromatic nitrogens is 2. The fourth-order valence-electron chi connectivity index (χ4n) is 2.69. The summed E-state index contributed by atoms with van der Waals surface area (Å²) in [4.78, 5) is 11.0. The number of hydrogen-bond acceptors (Lipinski definition) is 5. The molecule has 0 amide bonds. The molecule has 1 aromatic heterocycles. The molecule has 0 spiro atoms. The normalized spacial score (nSPS) is 14.0. The fraction of sp³-hybridized carbons (Fsp3) is 0.375. The Morgan fingerprint density at radius 1 is 1.19 bits per heavy atom. The standard InChI is InChI=1S/C16H21N5/c1-21(2)12-7-5-6-11(10-12)14-13-8-3-4-9-18-15(13)20-16(17)19-14/h5-7,10H,3-4,8-9H2,1-2H3,(H3,17,18,19,20). The number of nitrogen functional groups attached to an aromatic ring is 1. The van der Waals surface area contributed by atoms with Gasteiger partial charge in [0.05, 0.1) is 5.69 Å². The smallest absolute Gasteiger partial charge is 0.222 e.